The second-order valence-corrected chi connectivity index (χ2v) is 18.2. The number of fused-ring (bicyclic) bond motifs is 4. The number of ether oxygens (including phenoxy) is 1. The van der Waals surface area contributed by atoms with Gasteiger partial charge in [-0.15, -0.1) is 0 Å². The molecule has 0 saturated carbocycles. The molecule has 328 valence electrons. The molecule has 2 aromatic heterocycles. The molecule has 12 rings (SSSR count). The topological polar surface area (TPSA) is 35.2 Å². The van der Waals surface area contributed by atoms with E-state index in [1.807, 2.05) is 12.3 Å². The molecule has 0 saturated heterocycles. The van der Waals surface area contributed by atoms with Crippen molar-refractivity contribution in [2.45, 2.75) is 13.5 Å². The van der Waals surface area contributed by atoms with Crippen LogP contribution < -0.4 is 9.64 Å². The standard InChI is InChI=1S/C62H44N4O.Pt/c1-43-36-61(63-40-57(43)47-24-12-5-13-25-47)64-41-49-37-48(44-18-6-2-7-19-44)32-34-53(49)56-35-33-52(39-60(56)64)67-51-27-16-26-50(38-51)65-42-66(59-31-15-14-30-58(59)65)62-54(45-20-8-3-9-21-45)28-17-29-55(62)46-22-10-4-11-23-46;/h2-40H,41H2,1H3;. The second-order valence-electron chi connectivity index (χ2n) is 17.2. The van der Waals surface area contributed by atoms with Crippen molar-refractivity contribution in [2.75, 3.05) is 4.90 Å². The van der Waals surface area contributed by atoms with Crippen molar-refractivity contribution >= 4 is 22.5 Å². The predicted octanol–water partition coefficient (Wildman–Crippen LogP) is 16.0. The summed E-state index contributed by atoms with van der Waals surface area (Å²) in [6, 6.07) is 81.7. The van der Waals surface area contributed by atoms with E-state index in [4.69, 9.17) is 9.72 Å². The van der Waals surface area contributed by atoms with E-state index in [2.05, 4.69) is 265 Å². The van der Waals surface area contributed by atoms with Crippen LogP contribution in [0.25, 0.3) is 78.0 Å². The summed E-state index contributed by atoms with van der Waals surface area (Å²) in [6.45, 7) is 2.84. The third-order valence-corrected chi connectivity index (χ3v) is 14.0. The number of pyridine rings is 1. The zero-order chi connectivity index (χ0) is 45.6. The molecule has 5 nitrogen and oxygen atoms in total. The molecule has 11 aromatic rings. The van der Waals surface area contributed by atoms with Gasteiger partial charge in [-0.25, -0.2) is 0 Å². The van der Waals surface area contributed by atoms with Crippen LogP contribution in [-0.2, 0) is 25.9 Å². The van der Waals surface area contributed by atoms with Gasteiger partial charge < -0.3 is 0 Å². The molecule has 0 spiro atoms. The van der Waals surface area contributed by atoms with Crippen molar-refractivity contribution in [1.29, 1.82) is 0 Å². The molecule has 1 aliphatic rings. The third kappa shape index (κ3) is 7.52. The van der Waals surface area contributed by atoms with Crippen molar-refractivity contribution in [3.8, 4) is 78.5 Å². The smallest absolute Gasteiger partial charge is 0.0622 e. The van der Waals surface area contributed by atoms with E-state index in [9.17, 15) is 0 Å². The minimum atomic E-state index is 0.664. The predicted molar refractivity (Wildman–Crippen MR) is 274 cm³/mol. The number of benzene rings is 9. The summed E-state index contributed by atoms with van der Waals surface area (Å²) in [5.74, 6) is 2.39. The summed E-state index contributed by atoms with van der Waals surface area (Å²) in [5, 5.41) is 0. The number of para-hydroxylation sites is 3. The molecule has 0 unspecified atom stereocenters. The maximum atomic E-state index is 6.88. The Morgan fingerprint density at radius 3 is 1.65 bits per heavy atom. The number of rotatable bonds is 9. The van der Waals surface area contributed by atoms with E-state index in [0.717, 1.165) is 88.2 Å². The van der Waals surface area contributed by atoms with Crippen LogP contribution in [0.3, 0.4) is 0 Å². The first-order valence-electron chi connectivity index (χ1n) is 22.9. The average Bonchev–Trinajstić information content (AvgIpc) is 3.70. The van der Waals surface area contributed by atoms with Crippen LogP contribution in [0.1, 0.15) is 11.1 Å². The van der Waals surface area contributed by atoms with Crippen molar-refractivity contribution < 1.29 is 24.1 Å². The first kappa shape index (κ1) is 41.3. The quantitative estimate of drug-likeness (QED) is 0.144. The Hall–Kier alpha value is -8.11. The summed E-state index contributed by atoms with van der Waals surface area (Å²) >= 11 is 2.50. The molecule has 0 fully saturated rings. The fraction of sp³-hybridized carbons (Fsp3) is 0.0323. The van der Waals surface area contributed by atoms with Crippen LogP contribution in [0.5, 0.6) is 11.5 Å². The van der Waals surface area contributed by atoms with Gasteiger partial charge in [0.1, 0.15) is 0 Å². The molecule has 0 aliphatic carbocycles. The van der Waals surface area contributed by atoms with Gasteiger partial charge in [0.05, 0.1) is 0 Å². The van der Waals surface area contributed by atoms with Gasteiger partial charge in [0.2, 0.25) is 0 Å². The molecule has 6 heteroatoms. The molecule has 0 radical (unpaired) electrons. The summed E-state index contributed by atoms with van der Waals surface area (Å²) < 4.78 is 12.7. The fourth-order valence-corrected chi connectivity index (χ4v) is 10.9. The maximum absolute atomic E-state index is 6.88. The number of aryl methyl sites for hydroxylation is 1. The van der Waals surface area contributed by atoms with Crippen LogP contribution in [0.4, 0.5) is 11.5 Å². The van der Waals surface area contributed by atoms with E-state index < -0.39 is 0 Å². The summed E-state index contributed by atoms with van der Waals surface area (Å²) in [6.07, 6.45) is 2.01. The zero-order valence-electron chi connectivity index (χ0n) is 37.2. The van der Waals surface area contributed by atoms with Gasteiger partial charge in [-0.2, -0.15) is 0 Å². The van der Waals surface area contributed by atoms with Crippen LogP contribution in [-0.4, -0.2) is 14.1 Å². The van der Waals surface area contributed by atoms with Crippen LogP contribution in [0.2, 0.25) is 0 Å². The number of imidazole rings is 1. The Labute approximate surface area is 406 Å². The first-order chi connectivity index (χ1) is 33.6. The Bertz CT molecular complexity index is 3660. The normalized spacial score (nSPS) is 11.9. The summed E-state index contributed by atoms with van der Waals surface area (Å²) in [7, 11) is 0. The number of anilines is 2. The van der Waals surface area contributed by atoms with Gasteiger partial charge in [-0.05, 0) is 35.2 Å². The van der Waals surface area contributed by atoms with Crippen LogP contribution >= 0.6 is 0 Å². The molecule has 9 aromatic carbocycles. The fourth-order valence-electron chi connectivity index (χ4n) is 9.77. The van der Waals surface area contributed by atoms with Gasteiger partial charge in [0.15, 0.2) is 0 Å². The molecule has 68 heavy (non-hydrogen) atoms. The van der Waals surface area contributed by atoms with Gasteiger partial charge in [-0.1, -0.05) is 66.7 Å². The van der Waals surface area contributed by atoms with Crippen molar-refractivity contribution in [2.24, 2.45) is 0 Å². The van der Waals surface area contributed by atoms with Gasteiger partial charge in [0, 0.05) is 11.8 Å². The molecule has 3 heterocycles. The SMILES string of the molecule is Cc1cc(N2Cc3cc(-c4ccccc4)ccc3-c3ccc(Oc4cccc(-n5[c](=[Pt])n(-c6c(-c7ccccc7)cccc6-c6ccccc6)c6ccccc65)c4)cc32)ncc1-c1ccccc1. The van der Waals surface area contributed by atoms with Gasteiger partial charge in [-0.3, -0.25) is 0 Å². The summed E-state index contributed by atoms with van der Waals surface area (Å²) in [5.41, 5.74) is 19.5. The monoisotopic (exact) mass is 1060 g/mol. The van der Waals surface area contributed by atoms with Gasteiger partial charge in [0.25, 0.3) is 0 Å². The van der Waals surface area contributed by atoms with Crippen molar-refractivity contribution in [3.05, 3.63) is 252 Å². The van der Waals surface area contributed by atoms with Crippen LogP contribution in [0, 0.1) is 10.7 Å². The van der Waals surface area contributed by atoms with E-state index in [1.54, 1.807) is 0 Å². The van der Waals surface area contributed by atoms with Crippen molar-refractivity contribution in [3.63, 3.8) is 0 Å². The first-order valence-corrected chi connectivity index (χ1v) is 24.0. The van der Waals surface area contributed by atoms with E-state index in [0.29, 0.717) is 6.54 Å². The van der Waals surface area contributed by atoms with E-state index in [1.165, 1.54) is 27.8 Å². The molecular weight excluding hydrogens is 1010 g/mol. The molecule has 0 N–H and O–H groups in total. The van der Waals surface area contributed by atoms with E-state index >= 15 is 0 Å². The molecule has 1 aliphatic heterocycles. The van der Waals surface area contributed by atoms with E-state index in [-0.39, 0.29) is 0 Å². The molecule has 0 atom stereocenters. The molecule has 0 amide bonds. The molecular formula is C62H44N4OPt. The second kappa shape index (κ2) is 17.6. The number of aromatic nitrogens is 3. The average molecular weight is 1060 g/mol. The Morgan fingerprint density at radius 2 is 1.00 bits per heavy atom. The zero-order valence-corrected chi connectivity index (χ0v) is 39.5. The van der Waals surface area contributed by atoms with Gasteiger partial charge >= 0.3 is 296 Å². The number of nitrogens with zero attached hydrogens (tertiary/aromatic N) is 4. The molecule has 0 bridgehead atoms. The summed E-state index contributed by atoms with van der Waals surface area (Å²) in [4.78, 5) is 7.47. The Balaban J connectivity index is 0.953. The van der Waals surface area contributed by atoms with Crippen molar-refractivity contribution in [1.82, 2.24) is 14.1 Å². The number of hydrogen-bond donors (Lipinski definition) is 0. The number of hydrogen-bond acceptors (Lipinski definition) is 3. The third-order valence-electron chi connectivity index (χ3n) is 13.0. The minimum Gasteiger partial charge on any atom is -0.0622 e. The minimum absolute atomic E-state index is 0.664. The Kier molecular flexibility index (Phi) is 10.7. The van der Waals surface area contributed by atoms with Crippen LogP contribution in [0.15, 0.2) is 237 Å². The Morgan fingerprint density at radius 1 is 0.441 bits per heavy atom.